The van der Waals surface area contributed by atoms with Crippen LogP contribution >= 0.6 is 0 Å². The lowest BCUT2D eigenvalue weighted by Gasteiger charge is -2.34. The molecular weight excluding hydrogens is 347 g/mol. The van der Waals surface area contributed by atoms with Crippen molar-refractivity contribution in [3.8, 4) is 5.75 Å². The van der Waals surface area contributed by atoms with Crippen LogP contribution in [-0.4, -0.2) is 61.3 Å². The molecule has 0 spiro atoms. The van der Waals surface area contributed by atoms with Gasteiger partial charge in [0.05, 0.1) is 6.54 Å². The minimum absolute atomic E-state index is 0.0485. The Morgan fingerprint density at radius 3 is 2.23 bits per heavy atom. The molecule has 8 heteroatoms. The maximum Gasteiger partial charge on any atom is 0.573 e. The topological polar surface area (TPSA) is 44.8 Å². The number of piperazine rings is 1. The number of nitrogens with one attached hydrogen (secondary N) is 1. The average Bonchev–Trinajstić information content (AvgIpc) is 2.55. The van der Waals surface area contributed by atoms with E-state index in [1.165, 1.54) is 12.1 Å². The summed E-state index contributed by atoms with van der Waals surface area (Å²) in [5.74, 6) is 0.273. The van der Waals surface area contributed by atoms with Crippen LogP contribution in [0.5, 0.6) is 5.75 Å². The van der Waals surface area contributed by atoms with Crippen molar-refractivity contribution in [1.29, 1.82) is 0 Å². The van der Waals surface area contributed by atoms with E-state index in [2.05, 4.69) is 33.7 Å². The predicted octanol–water partition coefficient (Wildman–Crippen LogP) is 2.48. The summed E-state index contributed by atoms with van der Waals surface area (Å²) in [5, 5.41) is 2.92. The molecule has 0 saturated carbocycles. The molecule has 1 fully saturated rings. The Kier molecular flexibility index (Phi) is 7.28. The average molecular weight is 373 g/mol. The van der Waals surface area contributed by atoms with Crippen LogP contribution < -0.4 is 10.1 Å². The zero-order valence-electron chi connectivity index (χ0n) is 15.2. The Labute approximate surface area is 152 Å². The van der Waals surface area contributed by atoms with Gasteiger partial charge in [-0.25, -0.2) is 0 Å². The largest absolute Gasteiger partial charge is 0.573 e. The highest BCUT2D eigenvalue weighted by molar-refractivity contribution is 5.78. The molecule has 1 heterocycles. The van der Waals surface area contributed by atoms with Crippen molar-refractivity contribution in [1.82, 2.24) is 15.1 Å². The van der Waals surface area contributed by atoms with Crippen LogP contribution in [-0.2, 0) is 11.3 Å². The van der Waals surface area contributed by atoms with Gasteiger partial charge in [-0.1, -0.05) is 26.0 Å². The maximum atomic E-state index is 12.2. The predicted molar refractivity (Wildman–Crippen MR) is 92.7 cm³/mol. The zero-order valence-corrected chi connectivity index (χ0v) is 15.2. The second-order valence-electron chi connectivity index (χ2n) is 6.94. The van der Waals surface area contributed by atoms with Crippen molar-refractivity contribution >= 4 is 5.91 Å². The lowest BCUT2D eigenvalue weighted by molar-refractivity contribution is -0.274. The van der Waals surface area contributed by atoms with E-state index in [9.17, 15) is 18.0 Å². The molecule has 146 valence electrons. The fourth-order valence-electron chi connectivity index (χ4n) is 2.74. The smallest absolute Gasteiger partial charge is 0.406 e. The van der Waals surface area contributed by atoms with Crippen molar-refractivity contribution in [2.45, 2.75) is 26.8 Å². The number of hydrogen-bond acceptors (Lipinski definition) is 4. The molecule has 1 saturated heterocycles. The minimum atomic E-state index is -4.67. The number of benzene rings is 1. The van der Waals surface area contributed by atoms with Gasteiger partial charge in [0.15, 0.2) is 0 Å². The zero-order chi connectivity index (χ0) is 19.2. The molecule has 0 radical (unpaired) electrons. The van der Waals surface area contributed by atoms with Crippen molar-refractivity contribution in [3.63, 3.8) is 0 Å². The molecule has 2 rings (SSSR count). The SMILES string of the molecule is CC(C)CNC(=O)CN1CCN(Cc2ccc(OC(F)(F)F)cc2)CC1. The van der Waals surface area contributed by atoms with Crippen molar-refractivity contribution in [2.24, 2.45) is 5.92 Å². The van der Waals surface area contributed by atoms with E-state index in [-0.39, 0.29) is 11.7 Å². The van der Waals surface area contributed by atoms with E-state index in [0.29, 0.717) is 25.6 Å². The third kappa shape index (κ3) is 7.61. The maximum absolute atomic E-state index is 12.2. The molecular formula is C18H26F3N3O2. The van der Waals surface area contributed by atoms with Gasteiger partial charge in [-0.3, -0.25) is 14.6 Å². The Balaban J connectivity index is 1.72. The highest BCUT2D eigenvalue weighted by Crippen LogP contribution is 2.23. The van der Waals surface area contributed by atoms with Crippen LogP contribution in [0.25, 0.3) is 0 Å². The molecule has 0 atom stereocenters. The molecule has 0 bridgehead atoms. The number of halogens is 3. The van der Waals surface area contributed by atoms with E-state index < -0.39 is 6.36 Å². The number of ether oxygens (including phenoxy) is 1. The number of carbonyl (C=O) groups is 1. The lowest BCUT2D eigenvalue weighted by atomic mass is 10.2. The number of hydrogen-bond donors (Lipinski definition) is 1. The van der Waals surface area contributed by atoms with Crippen molar-refractivity contribution in [3.05, 3.63) is 29.8 Å². The molecule has 1 amide bonds. The molecule has 0 unspecified atom stereocenters. The quantitative estimate of drug-likeness (QED) is 0.798. The fourth-order valence-corrected chi connectivity index (χ4v) is 2.74. The van der Waals surface area contributed by atoms with Gasteiger partial charge in [0, 0.05) is 39.3 Å². The summed E-state index contributed by atoms with van der Waals surface area (Å²) in [5.41, 5.74) is 0.933. The number of amides is 1. The van der Waals surface area contributed by atoms with E-state index >= 15 is 0 Å². The second-order valence-corrected chi connectivity index (χ2v) is 6.94. The molecule has 26 heavy (non-hydrogen) atoms. The number of nitrogens with zero attached hydrogens (tertiary/aromatic N) is 2. The van der Waals surface area contributed by atoms with Gasteiger partial charge in [0.1, 0.15) is 5.75 Å². The first-order chi connectivity index (χ1) is 12.2. The van der Waals surface area contributed by atoms with Gasteiger partial charge in [-0.15, -0.1) is 13.2 Å². The third-order valence-electron chi connectivity index (χ3n) is 4.10. The van der Waals surface area contributed by atoms with Gasteiger partial charge in [-0.2, -0.15) is 0 Å². The Bertz CT molecular complexity index is 568. The van der Waals surface area contributed by atoms with E-state index in [1.807, 2.05) is 0 Å². The van der Waals surface area contributed by atoms with Crippen LogP contribution in [0.1, 0.15) is 19.4 Å². The van der Waals surface area contributed by atoms with Gasteiger partial charge in [0.25, 0.3) is 0 Å². The molecule has 1 N–H and O–H groups in total. The van der Waals surface area contributed by atoms with E-state index in [1.54, 1.807) is 12.1 Å². The fraction of sp³-hybridized carbons (Fsp3) is 0.611. The molecule has 1 aromatic carbocycles. The Morgan fingerprint density at radius 1 is 1.12 bits per heavy atom. The third-order valence-corrected chi connectivity index (χ3v) is 4.10. The van der Waals surface area contributed by atoms with E-state index in [0.717, 1.165) is 31.7 Å². The minimum Gasteiger partial charge on any atom is -0.406 e. The van der Waals surface area contributed by atoms with Crippen LogP contribution in [0, 0.1) is 5.92 Å². The van der Waals surface area contributed by atoms with Crippen molar-refractivity contribution < 1.29 is 22.7 Å². The number of carbonyl (C=O) groups excluding carboxylic acids is 1. The first kappa shape index (κ1) is 20.5. The van der Waals surface area contributed by atoms with Crippen LogP contribution in [0.15, 0.2) is 24.3 Å². The molecule has 0 aliphatic carbocycles. The second kappa shape index (κ2) is 9.23. The van der Waals surface area contributed by atoms with Gasteiger partial charge in [0.2, 0.25) is 5.91 Å². The summed E-state index contributed by atoms with van der Waals surface area (Å²) in [6.07, 6.45) is -4.67. The lowest BCUT2D eigenvalue weighted by Crippen LogP contribution is -2.49. The normalized spacial score (nSPS) is 16.7. The van der Waals surface area contributed by atoms with Gasteiger partial charge >= 0.3 is 6.36 Å². The Morgan fingerprint density at radius 2 is 1.69 bits per heavy atom. The molecule has 1 aromatic rings. The van der Waals surface area contributed by atoms with E-state index in [4.69, 9.17) is 0 Å². The number of alkyl halides is 3. The molecule has 1 aliphatic heterocycles. The standard InChI is InChI=1S/C18H26F3N3O2/c1-14(2)11-22-17(25)13-24-9-7-23(8-10-24)12-15-3-5-16(6-4-15)26-18(19,20)21/h3-6,14H,7-13H2,1-2H3,(H,22,25). The van der Waals surface area contributed by atoms with Gasteiger partial charge in [-0.05, 0) is 23.6 Å². The summed E-state index contributed by atoms with van der Waals surface area (Å²) in [4.78, 5) is 16.2. The summed E-state index contributed by atoms with van der Waals surface area (Å²) < 4.78 is 40.4. The molecule has 1 aliphatic rings. The van der Waals surface area contributed by atoms with Crippen LogP contribution in [0.3, 0.4) is 0 Å². The first-order valence-electron chi connectivity index (χ1n) is 8.77. The highest BCUT2D eigenvalue weighted by Gasteiger charge is 2.31. The number of rotatable bonds is 7. The van der Waals surface area contributed by atoms with Crippen molar-refractivity contribution in [2.75, 3.05) is 39.3 Å². The molecule has 0 aromatic heterocycles. The molecule has 5 nitrogen and oxygen atoms in total. The van der Waals surface area contributed by atoms with Gasteiger partial charge < -0.3 is 10.1 Å². The summed E-state index contributed by atoms with van der Waals surface area (Å²) >= 11 is 0. The summed E-state index contributed by atoms with van der Waals surface area (Å²) in [6, 6.07) is 5.95. The summed E-state index contributed by atoms with van der Waals surface area (Å²) in [7, 11) is 0. The monoisotopic (exact) mass is 373 g/mol. The highest BCUT2D eigenvalue weighted by atomic mass is 19.4. The van der Waals surface area contributed by atoms with Crippen LogP contribution in [0.4, 0.5) is 13.2 Å². The Hall–Kier alpha value is -1.80. The first-order valence-corrected chi connectivity index (χ1v) is 8.77. The summed E-state index contributed by atoms with van der Waals surface area (Å²) in [6.45, 7) is 9.10. The van der Waals surface area contributed by atoms with Crippen LogP contribution in [0.2, 0.25) is 0 Å².